The number of aromatic amines is 1. The van der Waals surface area contributed by atoms with E-state index in [2.05, 4.69) is 32.4 Å². The Labute approximate surface area is 134 Å². The number of ether oxygens (including phenoxy) is 1. The van der Waals surface area contributed by atoms with E-state index in [1.807, 2.05) is 0 Å². The monoisotopic (exact) mass is 327 g/mol. The number of aryl methyl sites for hydroxylation is 1. The maximum absolute atomic E-state index is 14.1. The first-order valence-corrected chi connectivity index (χ1v) is 6.65. The molecule has 0 aliphatic carbocycles. The van der Waals surface area contributed by atoms with E-state index in [9.17, 15) is 9.18 Å². The number of nitrogens with one attached hydrogen (secondary N) is 1. The molecule has 9 heteroatoms. The van der Waals surface area contributed by atoms with Crippen molar-refractivity contribution in [1.82, 2.24) is 25.2 Å². The van der Waals surface area contributed by atoms with Crippen LogP contribution >= 0.6 is 0 Å². The number of hydrogen-bond acceptors (Lipinski definition) is 5. The molecule has 0 fully saturated rings. The van der Waals surface area contributed by atoms with Crippen LogP contribution in [0, 0.1) is 17.7 Å². The highest BCUT2D eigenvalue weighted by atomic mass is 19.1. The fraction of sp³-hybridized carbons (Fsp3) is 0.0667. The Morgan fingerprint density at radius 1 is 1.42 bits per heavy atom. The van der Waals surface area contributed by atoms with Crippen LogP contribution in [0.15, 0.2) is 30.6 Å². The minimum Gasteiger partial charge on any atom is -0.476 e. The molecule has 2 heterocycles. The molecule has 0 amide bonds. The number of carboxylic acid groups (broad SMARTS) is 1. The lowest BCUT2D eigenvalue weighted by Gasteiger charge is -2.04. The Morgan fingerprint density at radius 2 is 2.25 bits per heavy atom. The molecule has 0 atom stereocenters. The number of halogens is 1. The highest BCUT2D eigenvalue weighted by Crippen LogP contribution is 2.23. The molecular weight excluding hydrogens is 317 g/mol. The summed E-state index contributed by atoms with van der Waals surface area (Å²) < 4.78 is 20.9. The molecule has 2 aromatic heterocycles. The number of aromatic carboxylic acids is 1. The Hall–Kier alpha value is -3.67. The minimum atomic E-state index is -1.31. The molecule has 120 valence electrons. The zero-order valence-electron chi connectivity index (χ0n) is 12.3. The molecule has 8 nitrogen and oxygen atoms in total. The van der Waals surface area contributed by atoms with Crippen molar-refractivity contribution in [2.24, 2.45) is 7.05 Å². The van der Waals surface area contributed by atoms with Crippen LogP contribution in [0.1, 0.15) is 21.6 Å². The second kappa shape index (κ2) is 6.21. The van der Waals surface area contributed by atoms with Gasteiger partial charge < -0.3 is 9.84 Å². The average Bonchev–Trinajstić information content (AvgIpc) is 3.15. The highest BCUT2D eigenvalue weighted by Gasteiger charge is 2.17. The molecule has 0 aliphatic heterocycles. The van der Waals surface area contributed by atoms with E-state index in [0.717, 1.165) is 6.07 Å². The van der Waals surface area contributed by atoms with Crippen molar-refractivity contribution in [3.8, 4) is 23.5 Å². The number of H-pyrrole nitrogens is 1. The fourth-order valence-corrected chi connectivity index (χ4v) is 1.83. The number of nitrogens with zero attached hydrogens (tertiary/aromatic N) is 4. The van der Waals surface area contributed by atoms with Crippen LogP contribution in [0.4, 0.5) is 4.39 Å². The lowest BCUT2D eigenvalue weighted by Crippen LogP contribution is -2.00. The van der Waals surface area contributed by atoms with Crippen molar-refractivity contribution in [3.05, 3.63) is 53.2 Å². The van der Waals surface area contributed by atoms with E-state index >= 15 is 0 Å². The summed E-state index contributed by atoms with van der Waals surface area (Å²) in [5.41, 5.74) is 0.440. The summed E-state index contributed by atoms with van der Waals surface area (Å²) in [5.74, 6) is 3.49. The van der Waals surface area contributed by atoms with Gasteiger partial charge in [0.15, 0.2) is 0 Å². The van der Waals surface area contributed by atoms with Gasteiger partial charge in [0.1, 0.15) is 11.6 Å². The summed E-state index contributed by atoms with van der Waals surface area (Å²) >= 11 is 0. The van der Waals surface area contributed by atoms with Gasteiger partial charge in [-0.1, -0.05) is 17.1 Å². The van der Waals surface area contributed by atoms with Crippen LogP contribution in [0.3, 0.4) is 0 Å². The zero-order chi connectivity index (χ0) is 17.1. The smallest absolute Gasteiger partial charge is 0.362 e. The number of aromatic nitrogens is 5. The van der Waals surface area contributed by atoms with Crippen LogP contribution in [-0.2, 0) is 7.05 Å². The van der Waals surface area contributed by atoms with Crippen LogP contribution in [-0.4, -0.2) is 36.3 Å². The molecule has 3 rings (SSSR count). The Balaban J connectivity index is 1.81. The molecule has 1 aromatic carbocycles. The normalized spacial score (nSPS) is 10.1. The molecule has 0 saturated heterocycles. The molecule has 24 heavy (non-hydrogen) atoms. The molecule has 2 N–H and O–H groups in total. The van der Waals surface area contributed by atoms with E-state index in [4.69, 9.17) is 9.84 Å². The van der Waals surface area contributed by atoms with Gasteiger partial charge in [0.05, 0.1) is 17.3 Å². The molecule has 0 bridgehead atoms. The number of hydrogen-bond donors (Lipinski definition) is 2. The second-order valence-electron chi connectivity index (χ2n) is 4.69. The SMILES string of the molecule is Cn1cc(C#Cc2ccc(Oc3[nH]nnc3C(=O)O)cc2F)cn1. The summed E-state index contributed by atoms with van der Waals surface area (Å²) in [5, 5.41) is 21.9. The summed E-state index contributed by atoms with van der Waals surface area (Å²) in [6.07, 6.45) is 3.28. The van der Waals surface area contributed by atoms with Crippen molar-refractivity contribution in [2.45, 2.75) is 0 Å². The molecular formula is C15H10FN5O3. The third kappa shape index (κ3) is 3.22. The molecule has 3 aromatic rings. The van der Waals surface area contributed by atoms with Gasteiger partial charge in [0, 0.05) is 19.3 Å². The van der Waals surface area contributed by atoms with Crippen molar-refractivity contribution < 1.29 is 19.0 Å². The first kappa shape index (κ1) is 15.2. The number of benzene rings is 1. The molecule has 0 saturated carbocycles. The van der Waals surface area contributed by atoms with Gasteiger partial charge in [-0.3, -0.25) is 4.68 Å². The number of carbonyl (C=O) groups is 1. The first-order chi connectivity index (χ1) is 11.5. The van der Waals surface area contributed by atoms with Gasteiger partial charge >= 0.3 is 5.97 Å². The third-order valence-corrected chi connectivity index (χ3v) is 2.93. The molecule has 0 radical (unpaired) electrons. The Kier molecular flexibility index (Phi) is 3.94. The van der Waals surface area contributed by atoms with Gasteiger partial charge in [0.2, 0.25) is 5.69 Å². The Morgan fingerprint density at radius 3 is 2.92 bits per heavy atom. The van der Waals surface area contributed by atoms with Gasteiger partial charge in [-0.25, -0.2) is 14.3 Å². The molecule has 0 spiro atoms. The first-order valence-electron chi connectivity index (χ1n) is 6.65. The Bertz CT molecular complexity index is 967. The van der Waals surface area contributed by atoms with E-state index in [1.54, 1.807) is 24.1 Å². The van der Waals surface area contributed by atoms with Crippen molar-refractivity contribution in [1.29, 1.82) is 0 Å². The summed E-state index contributed by atoms with van der Waals surface area (Å²) in [6, 6.07) is 3.99. The van der Waals surface area contributed by atoms with Gasteiger partial charge in [0.25, 0.3) is 5.88 Å². The maximum Gasteiger partial charge on any atom is 0.362 e. The fourth-order valence-electron chi connectivity index (χ4n) is 1.83. The van der Waals surface area contributed by atoms with E-state index in [-0.39, 0.29) is 17.2 Å². The minimum absolute atomic E-state index is 0.0907. The van der Waals surface area contributed by atoms with Crippen LogP contribution in [0.2, 0.25) is 0 Å². The highest BCUT2D eigenvalue weighted by molar-refractivity contribution is 5.87. The largest absolute Gasteiger partial charge is 0.476 e. The van der Waals surface area contributed by atoms with Gasteiger partial charge in [-0.05, 0) is 12.1 Å². The van der Waals surface area contributed by atoms with E-state index in [1.165, 1.54) is 12.1 Å². The predicted molar refractivity (Wildman–Crippen MR) is 79.0 cm³/mol. The summed E-state index contributed by atoms with van der Waals surface area (Å²) in [7, 11) is 1.76. The molecule has 0 unspecified atom stereocenters. The summed E-state index contributed by atoms with van der Waals surface area (Å²) in [6.45, 7) is 0. The van der Waals surface area contributed by atoms with E-state index < -0.39 is 17.5 Å². The average molecular weight is 327 g/mol. The van der Waals surface area contributed by atoms with Crippen molar-refractivity contribution in [3.63, 3.8) is 0 Å². The topological polar surface area (TPSA) is 106 Å². The zero-order valence-corrected chi connectivity index (χ0v) is 12.3. The van der Waals surface area contributed by atoms with E-state index in [0.29, 0.717) is 5.56 Å². The second-order valence-corrected chi connectivity index (χ2v) is 4.69. The lowest BCUT2D eigenvalue weighted by atomic mass is 10.2. The standard InChI is InChI=1S/C15H10FN5O3/c1-21-8-9(7-17-21)2-3-10-4-5-11(6-12(10)16)24-14-13(15(22)23)18-20-19-14/h4-8H,1H3,(H,22,23)(H,18,19,20). The van der Waals surface area contributed by atoms with Crippen LogP contribution in [0.5, 0.6) is 11.6 Å². The molecule has 0 aliphatic rings. The van der Waals surface area contributed by atoms with Crippen molar-refractivity contribution >= 4 is 5.97 Å². The maximum atomic E-state index is 14.1. The lowest BCUT2D eigenvalue weighted by molar-refractivity contribution is 0.0687. The predicted octanol–water partition coefficient (Wildman–Crippen LogP) is 1.57. The van der Waals surface area contributed by atoms with Crippen molar-refractivity contribution in [2.75, 3.05) is 0 Å². The van der Waals surface area contributed by atoms with Gasteiger partial charge in [-0.2, -0.15) is 5.10 Å². The van der Waals surface area contributed by atoms with Gasteiger partial charge in [-0.15, -0.1) is 5.10 Å². The summed E-state index contributed by atoms with van der Waals surface area (Å²) in [4.78, 5) is 10.9. The van der Waals surface area contributed by atoms with Crippen LogP contribution in [0.25, 0.3) is 0 Å². The number of carboxylic acids is 1. The third-order valence-electron chi connectivity index (χ3n) is 2.93. The quantitative estimate of drug-likeness (QED) is 0.707. The number of rotatable bonds is 3. The van der Waals surface area contributed by atoms with Crippen LogP contribution < -0.4 is 4.74 Å².